The molecule has 2 heterocycles. The zero-order chi connectivity index (χ0) is 26.6. The fourth-order valence-corrected chi connectivity index (χ4v) is 4.91. The Hall–Kier alpha value is -4.78. The number of para-hydroxylation sites is 1. The van der Waals surface area contributed by atoms with Gasteiger partial charge < -0.3 is 24.5 Å². The second-order valence-corrected chi connectivity index (χ2v) is 8.99. The van der Waals surface area contributed by atoms with Crippen molar-refractivity contribution >= 4 is 28.7 Å². The van der Waals surface area contributed by atoms with Crippen molar-refractivity contribution in [3.05, 3.63) is 113 Å². The number of hydrogen-bond donors (Lipinski definition) is 2. The number of fused-ring (bicyclic) bond motifs is 1. The lowest BCUT2D eigenvalue weighted by Crippen LogP contribution is -2.33. The number of aliphatic hydroxyl groups is 1. The lowest BCUT2D eigenvalue weighted by molar-refractivity contribution is -0.129. The van der Waals surface area contributed by atoms with E-state index in [9.17, 15) is 14.7 Å². The number of H-pyrrole nitrogens is 1. The number of benzene rings is 3. The SMILES string of the molecule is COc1ccc2[nH]cc(CCN3C(=O)C(O)=C(C(=O)/C=C/c4ccccc4)[C@H]3c3ccccc3OC)c2c1. The van der Waals surface area contributed by atoms with Crippen LogP contribution in [-0.4, -0.2) is 47.4 Å². The van der Waals surface area contributed by atoms with Crippen molar-refractivity contribution in [2.45, 2.75) is 12.5 Å². The van der Waals surface area contributed by atoms with Gasteiger partial charge in [0.05, 0.1) is 25.8 Å². The van der Waals surface area contributed by atoms with Crippen LogP contribution < -0.4 is 9.47 Å². The Kier molecular flexibility index (Phi) is 7.00. The number of nitrogens with one attached hydrogen (secondary N) is 1. The molecular formula is C31H28N2O5. The van der Waals surface area contributed by atoms with Crippen LogP contribution in [0, 0.1) is 0 Å². The number of aliphatic hydroxyl groups excluding tert-OH is 1. The van der Waals surface area contributed by atoms with E-state index in [1.54, 1.807) is 26.4 Å². The number of aromatic amines is 1. The zero-order valence-electron chi connectivity index (χ0n) is 21.2. The van der Waals surface area contributed by atoms with Crippen LogP contribution in [0.3, 0.4) is 0 Å². The molecule has 0 unspecified atom stereocenters. The van der Waals surface area contributed by atoms with Crippen molar-refractivity contribution in [1.29, 1.82) is 0 Å². The summed E-state index contributed by atoms with van der Waals surface area (Å²) < 4.78 is 11.0. The van der Waals surface area contributed by atoms with Crippen molar-refractivity contribution < 1.29 is 24.2 Å². The molecule has 0 saturated carbocycles. The second-order valence-electron chi connectivity index (χ2n) is 8.99. The number of ketones is 1. The molecule has 1 amide bonds. The van der Waals surface area contributed by atoms with Gasteiger partial charge in [-0.05, 0) is 47.9 Å². The second kappa shape index (κ2) is 10.7. The van der Waals surface area contributed by atoms with Gasteiger partial charge in [0, 0.05) is 29.2 Å². The predicted molar refractivity (Wildman–Crippen MR) is 146 cm³/mol. The molecular weight excluding hydrogens is 480 g/mol. The van der Waals surface area contributed by atoms with Gasteiger partial charge in [0.25, 0.3) is 5.91 Å². The Labute approximate surface area is 220 Å². The summed E-state index contributed by atoms with van der Waals surface area (Å²) in [5.41, 5.74) is 3.45. The van der Waals surface area contributed by atoms with Crippen LogP contribution in [0.1, 0.15) is 22.7 Å². The predicted octanol–water partition coefficient (Wildman–Crippen LogP) is 5.41. The fraction of sp³-hybridized carbons (Fsp3) is 0.161. The molecule has 2 N–H and O–H groups in total. The van der Waals surface area contributed by atoms with E-state index in [0.29, 0.717) is 17.7 Å². The molecule has 1 aliphatic heterocycles. The van der Waals surface area contributed by atoms with E-state index in [4.69, 9.17) is 9.47 Å². The van der Waals surface area contributed by atoms with Gasteiger partial charge in [0.1, 0.15) is 11.5 Å². The van der Waals surface area contributed by atoms with E-state index < -0.39 is 23.5 Å². The largest absolute Gasteiger partial charge is 0.503 e. The number of amides is 1. The summed E-state index contributed by atoms with van der Waals surface area (Å²) in [6.07, 6.45) is 5.48. The van der Waals surface area contributed by atoms with E-state index in [2.05, 4.69) is 4.98 Å². The number of methoxy groups -OCH3 is 2. The third kappa shape index (κ3) is 4.66. The minimum absolute atomic E-state index is 0.0345. The van der Waals surface area contributed by atoms with Gasteiger partial charge in [0.15, 0.2) is 11.5 Å². The molecule has 4 aromatic rings. The van der Waals surface area contributed by atoms with Crippen molar-refractivity contribution in [3.8, 4) is 11.5 Å². The van der Waals surface area contributed by atoms with E-state index in [1.165, 1.54) is 11.0 Å². The molecule has 7 nitrogen and oxygen atoms in total. The first kappa shape index (κ1) is 24.9. The molecule has 0 saturated heterocycles. The van der Waals surface area contributed by atoms with Gasteiger partial charge in [-0.25, -0.2) is 0 Å². The molecule has 7 heteroatoms. The Bertz CT molecular complexity index is 1550. The van der Waals surface area contributed by atoms with Crippen molar-refractivity contribution in [2.24, 2.45) is 0 Å². The molecule has 0 spiro atoms. The number of ether oxygens (including phenoxy) is 2. The number of carbonyl (C=O) groups is 2. The average Bonchev–Trinajstić information content (AvgIpc) is 3.48. The third-order valence-electron chi connectivity index (χ3n) is 6.83. The highest BCUT2D eigenvalue weighted by Gasteiger charge is 2.43. The molecule has 0 radical (unpaired) electrons. The van der Waals surface area contributed by atoms with Gasteiger partial charge in [-0.1, -0.05) is 54.6 Å². The summed E-state index contributed by atoms with van der Waals surface area (Å²) in [5, 5.41) is 11.9. The summed E-state index contributed by atoms with van der Waals surface area (Å²) in [6, 6.07) is 21.6. The highest BCUT2D eigenvalue weighted by atomic mass is 16.5. The fourth-order valence-electron chi connectivity index (χ4n) is 4.91. The van der Waals surface area contributed by atoms with Crippen LogP contribution in [0.25, 0.3) is 17.0 Å². The maximum absolute atomic E-state index is 13.4. The van der Waals surface area contributed by atoms with Gasteiger partial charge in [0.2, 0.25) is 0 Å². The Balaban J connectivity index is 1.50. The number of aromatic nitrogens is 1. The smallest absolute Gasteiger partial charge is 0.290 e. The quantitative estimate of drug-likeness (QED) is 0.295. The summed E-state index contributed by atoms with van der Waals surface area (Å²) in [7, 11) is 3.16. The number of carbonyl (C=O) groups excluding carboxylic acids is 2. The first-order valence-corrected chi connectivity index (χ1v) is 12.3. The Morgan fingerprint density at radius 2 is 1.79 bits per heavy atom. The number of allylic oxidation sites excluding steroid dienone is 1. The van der Waals surface area contributed by atoms with Crippen LogP contribution in [0.4, 0.5) is 0 Å². The van der Waals surface area contributed by atoms with Crippen LogP contribution in [0.2, 0.25) is 0 Å². The lowest BCUT2D eigenvalue weighted by atomic mass is 9.94. The van der Waals surface area contributed by atoms with Crippen LogP contribution in [-0.2, 0) is 16.0 Å². The standard InChI is InChI=1S/C31H28N2O5/c1-37-22-13-14-25-24(18-22)21(19-32-25)16-17-33-29(23-10-6-7-11-27(23)38-2)28(30(35)31(33)36)26(34)15-12-20-8-4-3-5-9-20/h3-15,18-19,29,32,35H,16-17H2,1-2H3/b15-12+/t29-/m1/s1. The van der Waals surface area contributed by atoms with E-state index in [-0.39, 0.29) is 12.1 Å². The Morgan fingerprint density at radius 1 is 1.03 bits per heavy atom. The summed E-state index contributed by atoms with van der Waals surface area (Å²) >= 11 is 0. The Morgan fingerprint density at radius 3 is 2.55 bits per heavy atom. The molecule has 3 aromatic carbocycles. The number of rotatable bonds is 9. The van der Waals surface area contributed by atoms with Gasteiger partial charge in [-0.2, -0.15) is 0 Å². The molecule has 38 heavy (non-hydrogen) atoms. The van der Waals surface area contributed by atoms with E-state index in [1.807, 2.05) is 72.9 Å². The number of hydrogen-bond acceptors (Lipinski definition) is 5. The summed E-state index contributed by atoms with van der Waals surface area (Å²) in [5.74, 6) is -0.298. The van der Waals surface area contributed by atoms with E-state index in [0.717, 1.165) is 27.8 Å². The molecule has 0 fully saturated rings. The molecule has 192 valence electrons. The number of nitrogens with zero attached hydrogens (tertiary/aromatic N) is 1. The minimum atomic E-state index is -0.800. The van der Waals surface area contributed by atoms with Gasteiger partial charge in [-0.15, -0.1) is 0 Å². The lowest BCUT2D eigenvalue weighted by Gasteiger charge is -2.27. The first-order valence-electron chi connectivity index (χ1n) is 12.3. The molecule has 1 aromatic heterocycles. The van der Waals surface area contributed by atoms with Crippen LogP contribution in [0.15, 0.2) is 96.4 Å². The van der Waals surface area contributed by atoms with Crippen LogP contribution >= 0.6 is 0 Å². The normalized spacial score (nSPS) is 15.6. The maximum Gasteiger partial charge on any atom is 0.290 e. The summed E-state index contributed by atoms with van der Waals surface area (Å²) in [4.78, 5) is 31.6. The highest BCUT2D eigenvalue weighted by Crippen LogP contribution is 2.41. The van der Waals surface area contributed by atoms with E-state index >= 15 is 0 Å². The molecule has 1 aliphatic rings. The monoisotopic (exact) mass is 508 g/mol. The van der Waals surface area contributed by atoms with Crippen molar-refractivity contribution in [3.63, 3.8) is 0 Å². The minimum Gasteiger partial charge on any atom is -0.503 e. The molecule has 0 bridgehead atoms. The zero-order valence-corrected chi connectivity index (χ0v) is 21.2. The molecule has 0 aliphatic carbocycles. The average molecular weight is 509 g/mol. The maximum atomic E-state index is 13.4. The topological polar surface area (TPSA) is 91.9 Å². The highest BCUT2D eigenvalue weighted by molar-refractivity contribution is 6.14. The molecule has 1 atom stereocenters. The first-order chi connectivity index (χ1) is 18.5. The van der Waals surface area contributed by atoms with Crippen molar-refractivity contribution in [1.82, 2.24) is 9.88 Å². The van der Waals surface area contributed by atoms with Crippen LogP contribution in [0.5, 0.6) is 11.5 Å². The van der Waals surface area contributed by atoms with Gasteiger partial charge >= 0.3 is 0 Å². The van der Waals surface area contributed by atoms with Gasteiger partial charge in [-0.3, -0.25) is 9.59 Å². The molecule has 5 rings (SSSR count). The summed E-state index contributed by atoms with van der Waals surface area (Å²) in [6.45, 7) is 0.273. The van der Waals surface area contributed by atoms with Crippen molar-refractivity contribution in [2.75, 3.05) is 20.8 Å². The third-order valence-corrected chi connectivity index (χ3v) is 6.83.